The van der Waals surface area contributed by atoms with Crippen molar-refractivity contribution < 1.29 is 5.11 Å². The molecule has 0 radical (unpaired) electrons. The first kappa shape index (κ1) is 15.1. The maximum absolute atomic E-state index is 12.8. The molecule has 5 nitrogen and oxygen atoms in total. The third kappa shape index (κ3) is 2.26. The van der Waals surface area contributed by atoms with Gasteiger partial charge in [-0.05, 0) is 33.6 Å². The summed E-state index contributed by atoms with van der Waals surface area (Å²) in [4.78, 5) is 21.3. The van der Waals surface area contributed by atoms with Gasteiger partial charge in [-0.1, -0.05) is 41.9 Å². The van der Waals surface area contributed by atoms with Crippen LogP contribution in [-0.2, 0) is 0 Å². The van der Waals surface area contributed by atoms with Crippen LogP contribution in [0.3, 0.4) is 0 Å². The Morgan fingerprint density at radius 3 is 2.67 bits per heavy atom. The molecule has 7 heteroatoms. The van der Waals surface area contributed by atoms with Crippen molar-refractivity contribution in [1.29, 1.82) is 0 Å². The summed E-state index contributed by atoms with van der Waals surface area (Å²) in [6.45, 7) is 0. The molecular weight excluding hydrogens is 394 g/mol. The molecule has 0 saturated carbocycles. The quantitative estimate of drug-likeness (QED) is 0.488. The zero-order valence-corrected chi connectivity index (χ0v) is 14.4. The highest BCUT2D eigenvalue weighted by atomic mass is 79.9. The van der Waals surface area contributed by atoms with Gasteiger partial charge in [0.05, 0.1) is 10.5 Å². The fourth-order valence-electron chi connectivity index (χ4n) is 2.62. The Labute approximate surface area is 149 Å². The second-order valence-corrected chi connectivity index (χ2v) is 6.46. The highest BCUT2D eigenvalue weighted by Crippen LogP contribution is 2.30. The van der Waals surface area contributed by atoms with Crippen LogP contribution in [0.4, 0.5) is 0 Å². The van der Waals surface area contributed by atoms with E-state index in [0.717, 1.165) is 0 Å². The van der Waals surface area contributed by atoms with Crippen LogP contribution in [0.25, 0.3) is 27.7 Å². The van der Waals surface area contributed by atoms with Crippen molar-refractivity contribution in [3.63, 3.8) is 0 Å². The first-order valence-electron chi connectivity index (χ1n) is 7.01. The number of hydrogen-bond donors (Lipinski definition) is 1. The van der Waals surface area contributed by atoms with E-state index in [9.17, 15) is 9.90 Å². The largest absolute Gasteiger partial charge is 0.493 e. The molecule has 0 aliphatic carbocycles. The van der Waals surface area contributed by atoms with Gasteiger partial charge in [0.15, 0.2) is 5.65 Å². The summed E-state index contributed by atoms with van der Waals surface area (Å²) in [5.41, 5.74) is 1.26. The number of aromatic hydroxyl groups is 1. The summed E-state index contributed by atoms with van der Waals surface area (Å²) in [5.74, 6) is -0.322. The Kier molecular flexibility index (Phi) is 3.51. The van der Waals surface area contributed by atoms with E-state index in [2.05, 4.69) is 25.9 Å². The molecule has 4 aromatic rings. The molecule has 0 aliphatic heterocycles. The number of rotatable bonds is 1. The first-order valence-corrected chi connectivity index (χ1v) is 8.18. The number of fused-ring (bicyclic) bond motifs is 3. The van der Waals surface area contributed by atoms with E-state index in [-0.39, 0.29) is 11.4 Å². The number of nitrogens with zero attached hydrogens (tertiary/aromatic N) is 3. The lowest BCUT2D eigenvalue weighted by molar-refractivity contribution is 0.455. The Bertz CT molecular complexity index is 1160. The minimum Gasteiger partial charge on any atom is -0.493 e. The summed E-state index contributed by atoms with van der Waals surface area (Å²) in [6.07, 6.45) is 1.40. The topological polar surface area (TPSA) is 67.5 Å². The van der Waals surface area contributed by atoms with E-state index >= 15 is 0 Å². The van der Waals surface area contributed by atoms with E-state index in [4.69, 9.17) is 11.6 Å². The van der Waals surface area contributed by atoms with Gasteiger partial charge in [0.25, 0.3) is 5.56 Å². The van der Waals surface area contributed by atoms with Crippen LogP contribution >= 0.6 is 27.5 Å². The van der Waals surface area contributed by atoms with Crippen LogP contribution in [0.1, 0.15) is 0 Å². The smallest absolute Gasteiger partial charge is 0.270 e. The first-order chi connectivity index (χ1) is 11.6. The minimum atomic E-state index is -0.392. The molecule has 0 atom stereocenters. The normalized spacial score (nSPS) is 11.2. The SMILES string of the molecule is O=c1c(-c2ccccc2)c(O)nc2c3cc(Cl)c(Br)cc3ncn12. The van der Waals surface area contributed by atoms with Gasteiger partial charge in [-0.15, -0.1) is 0 Å². The minimum absolute atomic E-state index is 0.137. The highest BCUT2D eigenvalue weighted by molar-refractivity contribution is 9.10. The zero-order valence-electron chi connectivity index (χ0n) is 12.1. The molecule has 2 aromatic heterocycles. The highest BCUT2D eigenvalue weighted by Gasteiger charge is 2.16. The molecule has 118 valence electrons. The number of halogens is 2. The fourth-order valence-corrected chi connectivity index (χ4v) is 3.11. The van der Waals surface area contributed by atoms with Gasteiger partial charge in [0, 0.05) is 9.86 Å². The molecule has 24 heavy (non-hydrogen) atoms. The van der Waals surface area contributed by atoms with Gasteiger partial charge < -0.3 is 5.11 Å². The van der Waals surface area contributed by atoms with Gasteiger partial charge in [-0.25, -0.2) is 9.38 Å². The monoisotopic (exact) mass is 401 g/mol. The maximum atomic E-state index is 12.8. The average molecular weight is 403 g/mol. The molecule has 1 N–H and O–H groups in total. The van der Waals surface area contributed by atoms with Crippen LogP contribution in [0.15, 0.2) is 58.1 Å². The summed E-state index contributed by atoms with van der Waals surface area (Å²) in [7, 11) is 0. The lowest BCUT2D eigenvalue weighted by Crippen LogP contribution is -2.18. The van der Waals surface area contributed by atoms with E-state index in [1.54, 1.807) is 36.4 Å². The van der Waals surface area contributed by atoms with E-state index in [0.29, 0.717) is 31.6 Å². The standard InChI is InChI=1S/C17H9BrClN3O2/c18-11-7-13-10(6-12(11)19)15-21-16(23)14(9-4-2-1-3-5-9)17(24)22(15)8-20-13/h1-8,23H. The molecule has 2 aromatic carbocycles. The van der Waals surface area contributed by atoms with Crippen LogP contribution < -0.4 is 5.56 Å². The van der Waals surface area contributed by atoms with Gasteiger partial charge in [0.1, 0.15) is 11.9 Å². The van der Waals surface area contributed by atoms with E-state index < -0.39 is 5.56 Å². The molecular formula is C17H9BrClN3O2. The molecule has 0 spiro atoms. The third-order valence-electron chi connectivity index (χ3n) is 3.75. The molecule has 0 unspecified atom stereocenters. The molecule has 0 fully saturated rings. The second kappa shape index (κ2) is 5.58. The number of hydrogen-bond acceptors (Lipinski definition) is 4. The predicted molar refractivity (Wildman–Crippen MR) is 96.6 cm³/mol. The van der Waals surface area contributed by atoms with Crippen LogP contribution in [0.5, 0.6) is 5.88 Å². The third-order valence-corrected chi connectivity index (χ3v) is 4.95. The number of benzene rings is 2. The van der Waals surface area contributed by atoms with Crippen LogP contribution in [0, 0.1) is 0 Å². The van der Waals surface area contributed by atoms with Gasteiger partial charge >= 0.3 is 0 Å². The summed E-state index contributed by atoms with van der Waals surface area (Å²) >= 11 is 9.48. The van der Waals surface area contributed by atoms with E-state index in [1.807, 2.05) is 6.07 Å². The summed E-state index contributed by atoms with van der Waals surface area (Å²) in [6, 6.07) is 12.3. The summed E-state index contributed by atoms with van der Waals surface area (Å²) < 4.78 is 2.01. The maximum Gasteiger partial charge on any atom is 0.270 e. The molecule has 0 amide bonds. The van der Waals surface area contributed by atoms with E-state index in [1.165, 1.54) is 10.7 Å². The van der Waals surface area contributed by atoms with Crippen LogP contribution in [-0.4, -0.2) is 19.5 Å². The van der Waals surface area contributed by atoms with Gasteiger partial charge in [-0.2, -0.15) is 4.98 Å². The fraction of sp³-hybridized carbons (Fsp3) is 0. The lowest BCUT2D eigenvalue weighted by Gasteiger charge is -2.09. The molecule has 0 bridgehead atoms. The van der Waals surface area contributed by atoms with Crippen molar-refractivity contribution in [2.24, 2.45) is 0 Å². The number of aromatic nitrogens is 3. The second-order valence-electron chi connectivity index (χ2n) is 5.20. The van der Waals surface area contributed by atoms with Crippen LogP contribution in [0.2, 0.25) is 5.02 Å². The molecule has 4 rings (SSSR count). The Balaban J connectivity index is 2.14. The molecule has 0 saturated heterocycles. The lowest BCUT2D eigenvalue weighted by atomic mass is 10.1. The predicted octanol–water partition coefficient (Wildman–Crippen LogP) is 4.03. The summed E-state index contributed by atoms with van der Waals surface area (Å²) in [5, 5.41) is 11.4. The van der Waals surface area contributed by atoms with Crippen molar-refractivity contribution in [2.75, 3.05) is 0 Å². The Morgan fingerprint density at radius 2 is 1.92 bits per heavy atom. The molecule has 0 aliphatic rings. The van der Waals surface area contributed by atoms with Gasteiger partial charge in [-0.3, -0.25) is 4.79 Å². The van der Waals surface area contributed by atoms with Crippen molar-refractivity contribution in [3.05, 3.63) is 68.6 Å². The van der Waals surface area contributed by atoms with Gasteiger partial charge in [0.2, 0.25) is 5.88 Å². The van der Waals surface area contributed by atoms with Crippen molar-refractivity contribution in [3.8, 4) is 17.0 Å². The Morgan fingerprint density at radius 1 is 1.17 bits per heavy atom. The Hall–Kier alpha value is -2.44. The molecule has 2 heterocycles. The van der Waals surface area contributed by atoms with Crippen molar-refractivity contribution in [2.45, 2.75) is 0 Å². The van der Waals surface area contributed by atoms with Crippen molar-refractivity contribution >= 4 is 44.1 Å². The zero-order chi connectivity index (χ0) is 16.8. The van der Waals surface area contributed by atoms with Crippen molar-refractivity contribution in [1.82, 2.24) is 14.4 Å². The average Bonchev–Trinajstić information content (AvgIpc) is 2.57.